The van der Waals surface area contributed by atoms with E-state index in [0.29, 0.717) is 17.8 Å². The minimum absolute atomic E-state index is 0.233. The highest BCUT2D eigenvalue weighted by Crippen LogP contribution is 2.20. The number of hydrogen-bond acceptors (Lipinski definition) is 6. The van der Waals surface area contributed by atoms with Gasteiger partial charge in [0.25, 0.3) is 15.9 Å². The van der Waals surface area contributed by atoms with Crippen molar-refractivity contribution in [3.8, 4) is 5.82 Å². The van der Waals surface area contributed by atoms with Gasteiger partial charge in [0.1, 0.15) is 16.4 Å². The number of benzene rings is 1. The summed E-state index contributed by atoms with van der Waals surface area (Å²) in [5.74, 6) is 0.476. The molecule has 0 aliphatic rings. The summed E-state index contributed by atoms with van der Waals surface area (Å²) in [5.41, 5.74) is 1.67. The molecule has 0 saturated heterocycles. The summed E-state index contributed by atoms with van der Waals surface area (Å²) in [4.78, 5) is 20.7. The molecule has 152 valence electrons. The average Bonchev–Trinajstić information content (AvgIpc) is 3.47. The number of hydrogen-bond donors (Lipinski definition) is 2. The number of rotatable bonds is 7. The van der Waals surface area contributed by atoms with Crippen LogP contribution in [0.5, 0.6) is 0 Å². The summed E-state index contributed by atoms with van der Waals surface area (Å²) in [7, 11) is -3.61. The maximum absolute atomic E-state index is 12.4. The minimum Gasteiger partial charge on any atom is -0.348 e. The van der Waals surface area contributed by atoms with E-state index < -0.39 is 10.0 Å². The Kier molecular flexibility index (Phi) is 5.59. The molecule has 3 heterocycles. The Morgan fingerprint density at radius 1 is 1.10 bits per heavy atom. The molecule has 0 radical (unpaired) electrons. The number of carbonyl (C=O) groups excluding carboxylic acids is 1. The van der Waals surface area contributed by atoms with E-state index in [1.54, 1.807) is 65.2 Å². The van der Waals surface area contributed by atoms with Crippen LogP contribution in [0.2, 0.25) is 0 Å². The molecular weight excluding hydrogens is 422 g/mol. The van der Waals surface area contributed by atoms with Gasteiger partial charge in [-0.3, -0.25) is 14.1 Å². The Bertz CT molecular complexity index is 1220. The van der Waals surface area contributed by atoms with E-state index in [4.69, 9.17) is 0 Å². The van der Waals surface area contributed by atoms with Crippen LogP contribution in [0.25, 0.3) is 5.82 Å². The number of pyridine rings is 1. The summed E-state index contributed by atoms with van der Waals surface area (Å²) in [6.07, 6.45) is 6.83. The van der Waals surface area contributed by atoms with Crippen LogP contribution >= 0.6 is 11.3 Å². The largest absolute Gasteiger partial charge is 0.348 e. The number of thiophene rings is 1. The molecule has 3 aromatic heterocycles. The predicted octanol–water partition coefficient (Wildman–Crippen LogP) is 3.06. The van der Waals surface area contributed by atoms with Crippen LogP contribution in [0.3, 0.4) is 0 Å². The Morgan fingerprint density at radius 3 is 2.57 bits per heavy atom. The van der Waals surface area contributed by atoms with E-state index in [2.05, 4.69) is 20.0 Å². The van der Waals surface area contributed by atoms with Crippen molar-refractivity contribution in [1.82, 2.24) is 19.9 Å². The SMILES string of the molecule is O=C(NCc1ccc(-n2ccnc2)nc1)c1ccc(NS(=O)(=O)c2cccs2)cc1. The monoisotopic (exact) mass is 439 g/mol. The van der Waals surface area contributed by atoms with Gasteiger partial charge < -0.3 is 5.32 Å². The summed E-state index contributed by atoms with van der Waals surface area (Å²) >= 11 is 1.14. The third kappa shape index (κ3) is 4.56. The minimum atomic E-state index is -3.61. The molecule has 4 aromatic rings. The first kappa shape index (κ1) is 19.8. The summed E-state index contributed by atoms with van der Waals surface area (Å²) in [6.45, 7) is 0.322. The second-order valence-corrected chi connectivity index (χ2v) is 9.15. The maximum atomic E-state index is 12.4. The van der Waals surface area contributed by atoms with Gasteiger partial charge >= 0.3 is 0 Å². The molecule has 2 N–H and O–H groups in total. The van der Waals surface area contributed by atoms with Crippen LogP contribution < -0.4 is 10.0 Å². The lowest BCUT2D eigenvalue weighted by atomic mass is 10.2. The molecule has 0 aliphatic heterocycles. The number of anilines is 1. The summed E-state index contributed by atoms with van der Waals surface area (Å²) in [6, 6.07) is 13.2. The van der Waals surface area contributed by atoms with Gasteiger partial charge in [-0.25, -0.2) is 18.4 Å². The number of amides is 1. The molecule has 0 saturated carbocycles. The lowest BCUT2D eigenvalue weighted by Gasteiger charge is -2.09. The first-order chi connectivity index (χ1) is 14.5. The van der Waals surface area contributed by atoms with E-state index in [-0.39, 0.29) is 10.1 Å². The number of aromatic nitrogens is 3. The molecule has 0 bridgehead atoms. The number of carbonyl (C=O) groups is 1. The van der Waals surface area contributed by atoms with Crippen molar-refractivity contribution in [3.05, 3.63) is 90.0 Å². The summed E-state index contributed by atoms with van der Waals surface area (Å²) < 4.78 is 29.0. The fourth-order valence-corrected chi connectivity index (χ4v) is 4.72. The number of sulfonamides is 1. The van der Waals surface area contributed by atoms with Crippen molar-refractivity contribution >= 4 is 33.0 Å². The molecule has 0 aliphatic carbocycles. The normalized spacial score (nSPS) is 11.2. The van der Waals surface area contributed by atoms with Gasteiger partial charge in [0, 0.05) is 36.4 Å². The third-order valence-electron chi connectivity index (χ3n) is 4.19. The molecule has 1 aromatic carbocycles. The van der Waals surface area contributed by atoms with E-state index in [1.807, 2.05) is 12.1 Å². The molecule has 0 unspecified atom stereocenters. The van der Waals surface area contributed by atoms with Gasteiger partial charge in [0.2, 0.25) is 0 Å². The molecule has 0 atom stereocenters. The van der Waals surface area contributed by atoms with E-state index in [9.17, 15) is 13.2 Å². The van der Waals surface area contributed by atoms with Crippen molar-refractivity contribution in [1.29, 1.82) is 0 Å². The zero-order chi connectivity index (χ0) is 21.0. The zero-order valence-corrected chi connectivity index (χ0v) is 17.2. The van der Waals surface area contributed by atoms with Crippen LogP contribution in [0.4, 0.5) is 5.69 Å². The molecule has 30 heavy (non-hydrogen) atoms. The van der Waals surface area contributed by atoms with Crippen LogP contribution in [0.1, 0.15) is 15.9 Å². The molecule has 4 rings (SSSR count). The zero-order valence-electron chi connectivity index (χ0n) is 15.6. The third-order valence-corrected chi connectivity index (χ3v) is 6.97. The summed E-state index contributed by atoms with van der Waals surface area (Å²) in [5, 5.41) is 4.52. The van der Waals surface area contributed by atoms with Crippen molar-refractivity contribution < 1.29 is 13.2 Å². The second-order valence-electron chi connectivity index (χ2n) is 6.29. The Labute approximate surface area is 177 Å². The standard InChI is InChI=1S/C20H17N5O3S2/c26-20(23-13-15-3-8-18(22-12-15)25-10-9-21-14-25)16-4-6-17(7-5-16)24-30(27,28)19-2-1-11-29-19/h1-12,14,24H,13H2,(H,23,26). The lowest BCUT2D eigenvalue weighted by molar-refractivity contribution is 0.0951. The fraction of sp³-hybridized carbons (Fsp3) is 0.0500. The Balaban J connectivity index is 1.35. The number of nitrogens with zero attached hydrogens (tertiary/aromatic N) is 3. The Hall–Kier alpha value is -3.50. The van der Waals surface area contributed by atoms with Gasteiger partial charge in [0.15, 0.2) is 0 Å². The van der Waals surface area contributed by atoms with Gasteiger partial charge in [-0.15, -0.1) is 11.3 Å². The molecule has 0 spiro atoms. The highest BCUT2D eigenvalue weighted by Gasteiger charge is 2.15. The lowest BCUT2D eigenvalue weighted by Crippen LogP contribution is -2.23. The Morgan fingerprint density at radius 2 is 1.93 bits per heavy atom. The second kappa shape index (κ2) is 8.47. The van der Waals surface area contributed by atoms with Crippen molar-refractivity contribution in [2.75, 3.05) is 4.72 Å². The number of nitrogens with one attached hydrogen (secondary N) is 2. The van der Waals surface area contributed by atoms with Crippen LogP contribution in [0, 0.1) is 0 Å². The van der Waals surface area contributed by atoms with Crippen molar-refractivity contribution in [3.63, 3.8) is 0 Å². The smallest absolute Gasteiger partial charge is 0.271 e. The first-order valence-corrected chi connectivity index (χ1v) is 11.3. The highest BCUT2D eigenvalue weighted by atomic mass is 32.2. The molecule has 8 nitrogen and oxygen atoms in total. The predicted molar refractivity (Wildman–Crippen MR) is 114 cm³/mol. The van der Waals surface area contributed by atoms with Crippen LogP contribution in [0.15, 0.2) is 83.0 Å². The average molecular weight is 440 g/mol. The molecular formula is C20H17N5O3S2. The van der Waals surface area contributed by atoms with Crippen molar-refractivity contribution in [2.45, 2.75) is 10.8 Å². The van der Waals surface area contributed by atoms with Crippen molar-refractivity contribution in [2.24, 2.45) is 0 Å². The first-order valence-electron chi connectivity index (χ1n) is 8.89. The van der Waals surface area contributed by atoms with Gasteiger partial charge in [-0.2, -0.15) is 0 Å². The van der Waals surface area contributed by atoms with E-state index in [1.165, 1.54) is 6.07 Å². The van der Waals surface area contributed by atoms with E-state index >= 15 is 0 Å². The quantitative estimate of drug-likeness (QED) is 0.460. The van der Waals surface area contributed by atoms with Crippen LogP contribution in [-0.2, 0) is 16.6 Å². The topological polar surface area (TPSA) is 106 Å². The van der Waals surface area contributed by atoms with E-state index in [0.717, 1.165) is 22.7 Å². The van der Waals surface area contributed by atoms with Gasteiger partial charge in [0.05, 0.1) is 0 Å². The number of imidazole rings is 1. The van der Waals surface area contributed by atoms with Gasteiger partial charge in [-0.1, -0.05) is 12.1 Å². The molecule has 10 heteroatoms. The highest BCUT2D eigenvalue weighted by molar-refractivity contribution is 7.94. The van der Waals surface area contributed by atoms with Crippen LogP contribution in [-0.4, -0.2) is 28.9 Å². The molecule has 1 amide bonds. The maximum Gasteiger partial charge on any atom is 0.271 e. The van der Waals surface area contributed by atoms with Gasteiger partial charge in [-0.05, 0) is 47.3 Å². The molecule has 0 fully saturated rings. The fourth-order valence-electron chi connectivity index (χ4n) is 2.66.